The van der Waals surface area contributed by atoms with E-state index in [4.69, 9.17) is 9.15 Å². The Morgan fingerprint density at radius 2 is 1.90 bits per heavy atom. The average molecular weight is 395 g/mol. The van der Waals surface area contributed by atoms with Crippen molar-refractivity contribution in [2.24, 2.45) is 0 Å². The van der Waals surface area contributed by atoms with Crippen molar-refractivity contribution < 1.29 is 23.8 Å². The van der Waals surface area contributed by atoms with Crippen molar-refractivity contribution in [2.45, 2.75) is 51.1 Å². The normalized spacial score (nSPS) is 22.3. The predicted octanol–water partition coefficient (Wildman–Crippen LogP) is 4.35. The van der Waals surface area contributed by atoms with Crippen LogP contribution < -0.4 is 4.74 Å². The number of benzene rings is 1. The summed E-state index contributed by atoms with van der Waals surface area (Å²) in [7, 11) is 1.53. The second-order valence-corrected chi connectivity index (χ2v) is 7.68. The molecular formula is C23H25NO5. The number of amides is 1. The van der Waals surface area contributed by atoms with Crippen LogP contribution >= 0.6 is 0 Å². The summed E-state index contributed by atoms with van der Waals surface area (Å²) < 4.78 is 11.1. The van der Waals surface area contributed by atoms with Gasteiger partial charge in [0.15, 0.2) is 0 Å². The molecule has 1 aromatic carbocycles. The van der Waals surface area contributed by atoms with Crippen LogP contribution in [0.15, 0.2) is 46.4 Å². The van der Waals surface area contributed by atoms with Crippen LogP contribution in [0, 0.1) is 6.92 Å². The first-order valence-electron chi connectivity index (χ1n) is 10.0. The lowest BCUT2D eigenvalue weighted by molar-refractivity contribution is -0.142. The molecule has 1 aliphatic heterocycles. The topological polar surface area (TPSA) is 80.0 Å². The van der Waals surface area contributed by atoms with E-state index in [-0.39, 0.29) is 17.4 Å². The van der Waals surface area contributed by atoms with E-state index in [0.29, 0.717) is 22.8 Å². The van der Waals surface area contributed by atoms with Gasteiger partial charge in [-0.2, -0.15) is 0 Å². The van der Waals surface area contributed by atoms with Crippen molar-refractivity contribution >= 4 is 17.4 Å². The smallest absolute Gasteiger partial charge is 0.296 e. The molecule has 4 rings (SSSR count). The van der Waals surface area contributed by atoms with Gasteiger partial charge in [0.1, 0.15) is 29.1 Å². The van der Waals surface area contributed by atoms with Crippen LogP contribution in [0.3, 0.4) is 0 Å². The molecule has 1 aromatic heterocycles. The van der Waals surface area contributed by atoms with Gasteiger partial charge in [0.2, 0.25) is 0 Å². The zero-order valence-electron chi connectivity index (χ0n) is 16.7. The Bertz CT molecular complexity index is 967. The summed E-state index contributed by atoms with van der Waals surface area (Å²) in [4.78, 5) is 27.7. The molecular weight excluding hydrogens is 370 g/mol. The number of carbonyl (C=O) groups is 2. The lowest BCUT2D eigenvalue weighted by atomic mass is 9.92. The Morgan fingerprint density at radius 1 is 1.14 bits per heavy atom. The van der Waals surface area contributed by atoms with E-state index in [9.17, 15) is 14.7 Å². The number of methoxy groups -OCH3 is 1. The number of rotatable bonds is 4. The number of aryl methyl sites for hydroxylation is 1. The van der Waals surface area contributed by atoms with Crippen molar-refractivity contribution in [3.8, 4) is 5.75 Å². The molecule has 2 aromatic rings. The molecule has 1 unspecified atom stereocenters. The molecule has 6 heteroatoms. The third kappa shape index (κ3) is 3.43. The van der Waals surface area contributed by atoms with Gasteiger partial charge in [0, 0.05) is 11.6 Å². The first-order valence-corrected chi connectivity index (χ1v) is 10.0. The molecule has 0 bridgehead atoms. The molecule has 1 atom stereocenters. The highest BCUT2D eigenvalue weighted by atomic mass is 16.5. The number of aliphatic hydroxyl groups excluding tert-OH is 1. The molecule has 1 amide bonds. The average Bonchev–Trinajstić information content (AvgIpc) is 3.29. The number of nitrogens with zero attached hydrogens (tertiary/aromatic N) is 1. The van der Waals surface area contributed by atoms with Crippen molar-refractivity contribution in [3.05, 3.63) is 59.1 Å². The van der Waals surface area contributed by atoms with Gasteiger partial charge in [-0.1, -0.05) is 31.4 Å². The Hall–Kier alpha value is -3.02. The number of Topliss-reactive ketones (excluding diaryl/α,β-unsaturated/α-hetero) is 1. The van der Waals surface area contributed by atoms with E-state index in [0.717, 1.165) is 32.1 Å². The van der Waals surface area contributed by atoms with Gasteiger partial charge in [-0.15, -0.1) is 0 Å². The Balaban J connectivity index is 1.86. The van der Waals surface area contributed by atoms with E-state index in [1.807, 2.05) is 13.0 Å². The number of furan rings is 1. The maximum absolute atomic E-state index is 13.0. The highest BCUT2D eigenvalue weighted by Crippen LogP contribution is 2.43. The first kappa shape index (κ1) is 19.3. The Kier molecular flexibility index (Phi) is 5.18. The summed E-state index contributed by atoms with van der Waals surface area (Å²) in [5.41, 5.74) is 0.502. The minimum atomic E-state index is -0.724. The van der Waals surface area contributed by atoms with Gasteiger partial charge in [-0.25, -0.2) is 0 Å². The third-order valence-electron chi connectivity index (χ3n) is 5.82. The molecule has 1 N–H and O–H groups in total. The van der Waals surface area contributed by atoms with Crippen LogP contribution in [0.2, 0.25) is 0 Å². The summed E-state index contributed by atoms with van der Waals surface area (Å²) >= 11 is 0. The Labute approximate surface area is 169 Å². The number of hydrogen-bond acceptors (Lipinski definition) is 5. The van der Waals surface area contributed by atoms with Crippen molar-refractivity contribution in [3.63, 3.8) is 0 Å². The van der Waals surface area contributed by atoms with Crippen LogP contribution in [-0.2, 0) is 9.59 Å². The summed E-state index contributed by atoms with van der Waals surface area (Å²) in [6.07, 6.45) is 4.88. The second kappa shape index (κ2) is 7.78. The maximum atomic E-state index is 13.0. The fourth-order valence-electron chi connectivity index (χ4n) is 4.39. The molecule has 6 nitrogen and oxygen atoms in total. The molecule has 2 aliphatic rings. The maximum Gasteiger partial charge on any atom is 0.296 e. The summed E-state index contributed by atoms with van der Waals surface area (Å²) in [5, 5.41) is 11.1. The number of ketones is 1. The molecule has 0 spiro atoms. The van der Waals surface area contributed by atoms with Gasteiger partial charge in [-0.3, -0.25) is 9.59 Å². The molecule has 2 fully saturated rings. The van der Waals surface area contributed by atoms with Gasteiger partial charge in [-0.05, 0) is 44.0 Å². The van der Waals surface area contributed by atoms with Gasteiger partial charge >= 0.3 is 0 Å². The molecule has 29 heavy (non-hydrogen) atoms. The zero-order valence-corrected chi connectivity index (χ0v) is 16.7. The van der Waals surface area contributed by atoms with Gasteiger partial charge in [0.05, 0.1) is 12.7 Å². The fourth-order valence-corrected chi connectivity index (χ4v) is 4.39. The first-order chi connectivity index (χ1) is 14.0. The van der Waals surface area contributed by atoms with Gasteiger partial charge in [0.25, 0.3) is 11.7 Å². The monoisotopic (exact) mass is 395 g/mol. The van der Waals surface area contributed by atoms with E-state index >= 15 is 0 Å². The number of likely N-dealkylation sites (tertiary alicyclic amines) is 1. The zero-order chi connectivity index (χ0) is 20.5. The fraction of sp³-hybridized carbons (Fsp3) is 0.391. The molecule has 2 heterocycles. The van der Waals surface area contributed by atoms with E-state index in [1.54, 1.807) is 35.2 Å². The van der Waals surface area contributed by atoms with E-state index < -0.39 is 17.7 Å². The quantitative estimate of drug-likeness (QED) is 0.473. The molecule has 1 saturated heterocycles. The molecule has 152 valence electrons. The lowest BCUT2D eigenvalue weighted by Gasteiger charge is -2.34. The number of carbonyl (C=O) groups excluding carboxylic acids is 2. The summed E-state index contributed by atoms with van der Waals surface area (Å²) in [5.74, 6) is 0.295. The second-order valence-electron chi connectivity index (χ2n) is 7.68. The van der Waals surface area contributed by atoms with Crippen molar-refractivity contribution in [1.82, 2.24) is 4.90 Å². The minimum Gasteiger partial charge on any atom is -0.507 e. The lowest BCUT2D eigenvalue weighted by Crippen LogP contribution is -2.40. The number of aliphatic hydroxyl groups is 1. The van der Waals surface area contributed by atoms with Crippen LogP contribution in [0.5, 0.6) is 5.75 Å². The van der Waals surface area contributed by atoms with Crippen molar-refractivity contribution in [1.29, 1.82) is 0 Å². The molecule has 0 radical (unpaired) electrons. The van der Waals surface area contributed by atoms with Crippen LogP contribution in [0.4, 0.5) is 0 Å². The summed E-state index contributed by atoms with van der Waals surface area (Å²) in [6, 6.07) is 9.65. The highest BCUT2D eigenvalue weighted by Gasteiger charge is 2.50. The SMILES string of the molecule is COc1cccc(/C(O)=C2/C(=O)C(=O)N(C3CCCCC3)C2c2ccc(C)o2)c1. The van der Waals surface area contributed by atoms with E-state index in [1.165, 1.54) is 7.11 Å². The standard InChI is InChI=1S/C23H25NO5/c1-14-11-12-18(29-14)20-19(21(25)15-7-6-10-17(13-15)28-2)22(26)23(27)24(20)16-8-4-3-5-9-16/h6-7,10-13,16,20,25H,3-5,8-9H2,1-2H3/b21-19-. The predicted molar refractivity (Wildman–Crippen MR) is 107 cm³/mol. The van der Waals surface area contributed by atoms with Crippen LogP contribution in [0.1, 0.15) is 55.2 Å². The highest BCUT2D eigenvalue weighted by molar-refractivity contribution is 6.46. The minimum absolute atomic E-state index is 0.0359. The van der Waals surface area contributed by atoms with Crippen molar-refractivity contribution in [2.75, 3.05) is 7.11 Å². The van der Waals surface area contributed by atoms with E-state index in [2.05, 4.69) is 0 Å². The molecule has 1 saturated carbocycles. The van der Waals surface area contributed by atoms with Gasteiger partial charge < -0.3 is 19.2 Å². The van der Waals surface area contributed by atoms with Crippen LogP contribution in [0.25, 0.3) is 5.76 Å². The number of ether oxygens (including phenoxy) is 1. The third-order valence-corrected chi connectivity index (χ3v) is 5.82. The summed E-state index contributed by atoms with van der Waals surface area (Å²) in [6.45, 7) is 1.82. The molecule has 1 aliphatic carbocycles. The Morgan fingerprint density at radius 3 is 2.55 bits per heavy atom. The largest absolute Gasteiger partial charge is 0.507 e. The van der Waals surface area contributed by atoms with Crippen LogP contribution in [-0.4, -0.2) is 34.8 Å². The number of hydrogen-bond donors (Lipinski definition) is 1.